The van der Waals surface area contributed by atoms with Crippen molar-refractivity contribution in [2.75, 3.05) is 0 Å². The number of furan rings is 1. The molecule has 4 rings (SSSR count). The molecule has 5 heteroatoms. The van der Waals surface area contributed by atoms with E-state index in [1.165, 1.54) is 6.33 Å². The van der Waals surface area contributed by atoms with Crippen molar-refractivity contribution in [3.05, 3.63) is 37.1 Å². The molecule has 3 aromatic heterocycles. The van der Waals surface area contributed by atoms with Gasteiger partial charge in [-0.3, -0.25) is 0 Å². The SMILES string of the molecule is c1ncc2cc3oc4nccnc4c3cc2n1. The monoisotopic (exact) mass is 222 g/mol. The number of hydrogen-bond donors (Lipinski definition) is 0. The molecule has 3 heterocycles. The minimum atomic E-state index is 0.547. The molecule has 0 saturated carbocycles. The minimum absolute atomic E-state index is 0.547. The van der Waals surface area contributed by atoms with Crippen LogP contribution in [0.2, 0.25) is 0 Å². The summed E-state index contributed by atoms with van der Waals surface area (Å²) in [6, 6.07) is 3.86. The molecule has 0 aliphatic heterocycles. The summed E-state index contributed by atoms with van der Waals surface area (Å²) in [5, 5.41) is 1.87. The van der Waals surface area contributed by atoms with E-state index in [0.29, 0.717) is 5.71 Å². The van der Waals surface area contributed by atoms with Gasteiger partial charge >= 0.3 is 0 Å². The van der Waals surface area contributed by atoms with Gasteiger partial charge in [0.15, 0.2) is 0 Å². The van der Waals surface area contributed by atoms with Gasteiger partial charge in [-0.1, -0.05) is 0 Å². The lowest BCUT2D eigenvalue weighted by atomic mass is 10.2. The first kappa shape index (κ1) is 8.58. The van der Waals surface area contributed by atoms with Gasteiger partial charge in [0, 0.05) is 24.0 Å². The minimum Gasteiger partial charge on any atom is -0.436 e. The second-order valence-electron chi connectivity index (χ2n) is 3.74. The number of fused-ring (bicyclic) bond motifs is 4. The predicted molar refractivity (Wildman–Crippen MR) is 62.4 cm³/mol. The van der Waals surface area contributed by atoms with E-state index in [4.69, 9.17) is 4.42 Å². The molecule has 1 aromatic carbocycles. The van der Waals surface area contributed by atoms with Gasteiger partial charge < -0.3 is 4.42 Å². The molecule has 0 unspecified atom stereocenters. The van der Waals surface area contributed by atoms with Crippen LogP contribution in [-0.2, 0) is 0 Å². The molecular formula is C12H6N4O. The molecule has 5 nitrogen and oxygen atoms in total. The fraction of sp³-hybridized carbons (Fsp3) is 0. The number of aromatic nitrogens is 4. The zero-order valence-corrected chi connectivity index (χ0v) is 8.66. The maximum absolute atomic E-state index is 5.63. The molecule has 0 amide bonds. The van der Waals surface area contributed by atoms with Gasteiger partial charge in [-0.2, -0.15) is 0 Å². The summed E-state index contributed by atoms with van der Waals surface area (Å²) in [5.41, 5.74) is 2.95. The Kier molecular flexibility index (Phi) is 1.50. The third-order valence-electron chi connectivity index (χ3n) is 2.73. The Morgan fingerprint density at radius 3 is 2.94 bits per heavy atom. The van der Waals surface area contributed by atoms with Gasteiger partial charge in [0.05, 0.1) is 10.9 Å². The largest absolute Gasteiger partial charge is 0.436 e. The number of hydrogen-bond acceptors (Lipinski definition) is 5. The summed E-state index contributed by atoms with van der Waals surface area (Å²) >= 11 is 0. The lowest BCUT2D eigenvalue weighted by Gasteiger charge is -1.94. The number of rotatable bonds is 0. The van der Waals surface area contributed by atoms with Gasteiger partial charge in [-0.05, 0) is 12.1 Å². The van der Waals surface area contributed by atoms with E-state index in [-0.39, 0.29) is 0 Å². The first-order valence-electron chi connectivity index (χ1n) is 5.15. The summed E-state index contributed by atoms with van der Waals surface area (Å²) in [6.07, 6.45) is 6.56. The van der Waals surface area contributed by atoms with Crippen LogP contribution >= 0.6 is 0 Å². The molecule has 0 bridgehead atoms. The van der Waals surface area contributed by atoms with Crippen molar-refractivity contribution in [2.24, 2.45) is 0 Å². The Balaban J connectivity index is 2.28. The molecule has 0 atom stereocenters. The van der Waals surface area contributed by atoms with Crippen LogP contribution in [0.5, 0.6) is 0 Å². The topological polar surface area (TPSA) is 64.7 Å². The van der Waals surface area contributed by atoms with Crippen molar-refractivity contribution < 1.29 is 4.42 Å². The first-order valence-corrected chi connectivity index (χ1v) is 5.15. The Bertz CT molecular complexity index is 847. The van der Waals surface area contributed by atoms with Gasteiger partial charge in [0.1, 0.15) is 17.4 Å². The summed E-state index contributed by atoms with van der Waals surface area (Å²) in [5.74, 6) is 0. The summed E-state index contributed by atoms with van der Waals surface area (Å²) in [7, 11) is 0. The lowest BCUT2D eigenvalue weighted by Crippen LogP contribution is -1.80. The summed E-state index contributed by atoms with van der Waals surface area (Å²) < 4.78 is 5.63. The second-order valence-corrected chi connectivity index (χ2v) is 3.74. The van der Waals surface area contributed by atoms with Crippen molar-refractivity contribution in [3.63, 3.8) is 0 Å². The average molecular weight is 222 g/mol. The van der Waals surface area contributed by atoms with Crippen LogP contribution < -0.4 is 0 Å². The lowest BCUT2D eigenvalue weighted by molar-refractivity contribution is 0.653. The summed E-state index contributed by atoms with van der Waals surface area (Å²) in [4.78, 5) is 16.6. The zero-order chi connectivity index (χ0) is 11.2. The molecule has 0 saturated heterocycles. The van der Waals surface area contributed by atoms with Crippen LogP contribution in [0, 0.1) is 0 Å². The average Bonchev–Trinajstić information content (AvgIpc) is 2.73. The molecule has 17 heavy (non-hydrogen) atoms. The van der Waals surface area contributed by atoms with E-state index >= 15 is 0 Å². The normalized spacial score (nSPS) is 11.5. The molecule has 0 aliphatic rings. The maximum Gasteiger partial charge on any atom is 0.246 e. The van der Waals surface area contributed by atoms with E-state index in [0.717, 1.165) is 27.4 Å². The van der Waals surface area contributed by atoms with E-state index < -0.39 is 0 Å². The highest BCUT2D eigenvalue weighted by molar-refractivity contribution is 6.06. The predicted octanol–water partition coefficient (Wildman–Crippen LogP) is 2.32. The molecule has 0 N–H and O–H groups in total. The van der Waals surface area contributed by atoms with Crippen molar-refractivity contribution >= 4 is 33.1 Å². The van der Waals surface area contributed by atoms with Crippen LogP contribution in [0.3, 0.4) is 0 Å². The van der Waals surface area contributed by atoms with Crippen molar-refractivity contribution in [2.45, 2.75) is 0 Å². The fourth-order valence-electron chi connectivity index (χ4n) is 1.97. The van der Waals surface area contributed by atoms with Crippen LogP contribution in [-0.4, -0.2) is 19.9 Å². The van der Waals surface area contributed by atoms with E-state index in [2.05, 4.69) is 19.9 Å². The first-order chi connectivity index (χ1) is 8.42. The Labute approximate surface area is 95.1 Å². The molecule has 0 fully saturated rings. The van der Waals surface area contributed by atoms with E-state index in [1.807, 2.05) is 12.1 Å². The van der Waals surface area contributed by atoms with E-state index in [9.17, 15) is 0 Å². The molecule has 0 radical (unpaired) electrons. The highest BCUT2D eigenvalue weighted by Gasteiger charge is 2.09. The second kappa shape index (κ2) is 2.98. The van der Waals surface area contributed by atoms with Crippen molar-refractivity contribution in [3.8, 4) is 0 Å². The highest BCUT2D eigenvalue weighted by Crippen LogP contribution is 2.28. The Morgan fingerprint density at radius 2 is 1.94 bits per heavy atom. The number of nitrogens with zero attached hydrogens (tertiary/aromatic N) is 4. The fourth-order valence-corrected chi connectivity index (χ4v) is 1.97. The maximum atomic E-state index is 5.63. The van der Waals surface area contributed by atoms with Gasteiger partial charge in [-0.15, -0.1) is 0 Å². The Morgan fingerprint density at radius 1 is 1.00 bits per heavy atom. The smallest absolute Gasteiger partial charge is 0.246 e. The van der Waals surface area contributed by atoms with Crippen molar-refractivity contribution in [1.82, 2.24) is 19.9 Å². The van der Waals surface area contributed by atoms with Crippen LogP contribution in [0.1, 0.15) is 0 Å². The van der Waals surface area contributed by atoms with Crippen LogP contribution in [0.15, 0.2) is 41.5 Å². The third kappa shape index (κ3) is 1.13. The van der Waals surface area contributed by atoms with Gasteiger partial charge in [0.25, 0.3) is 0 Å². The van der Waals surface area contributed by atoms with Gasteiger partial charge in [-0.25, -0.2) is 19.9 Å². The Hall–Kier alpha value is -2.56. The third-order valence-corrected chi connectivity index (χ3v) is 2.73. The standard InChI is InChI=1S/C12H6N4O/c1-2-15-12-11(14-1)8-4-9-7(3-10(8)17-12)5-13-6-16-9/h1-6H. The zero-order valence-electron chi connectivity index (χ0n) is 8.66. The van der Waals surface area contributed by atoms with Crippen LogP contribution in [0.25, 0.3) is 33.1 Å². The molecular weight excluding hydrogens is 216 g/mol. The quantitative estimate of drug-likeness (QED) is 0.456. The van der Waals surface area contributed by atoms with E-state index in [1.54, 1.807) is 18.6 Å². The summed E-state index contributed by atoms with van der Waals surface area (Å²) in [6.45, 7) is 0. The molecule has 0 spiro atoms. The van der Waals surface area contributed by atoms with Crippen molar-refractivity contribution in [1.29, 1.82) is 0 Å². The molecule has 0 aliphatic carbocycles. The number of benzene rings is 1. The van der Waals surface area contributed by atoms with Crippen LogP contribution in [0.4, 0.5) is 0 Å². The highest BCUT2D eigenvalue weighted by atomic mass is 16.3. The van der Waals surface area contributed by atoms with Gasteiger partial charge in [0.2, 0.25) is 5.71 Å². The molecule has 4 aromatic rings. The molecule has 80 valence electrons.